The molecule has 0 radical (unpaired) electrons. The average molecular weight is 262 g/mol. The Morgan fingerprint density at radius 3 is 2.32 bits per heavy atom. The first kappa shape index (κ1) is 16.0. The van der Waals surface area contributed by atoms with Crippen molar-refractivity contribution in [3.63, 3.8) is 0 Å². The molecular formula is C11H14N6O2. The monoisotopic (exact) mass is 262 g/mol. The Morgan fingerprint density at radius 1 is 1.26 bits per heavy atom. The van der Waals surface area contributed by atoms with Crippen molar-refractivity contribution in [1.29, 1.82) is 15.9 Å². The van der Waals surface area contributed by atoms with E-state index in [1.54, 1.807) is 12.1 Å². The number of nitrogens with zero attached hydrogens (tertiary/aromatic N) is 3. The van der Waals surface area contributed by atoms with Crippen molar-refractivity contribution in [2.75, 3.05) is 13.1 Å². The Balaban J connectivity index is 4.09. The molecule has 0 fully saturated rings. The molecule has 6 N–H and O–H groups in total. The molecule has 19 heavy (non-hydrogen) atoms. The Kier molecular flexibility index (Phi) is 7.64. The molecule has 0 rings (SSSR count). The van der Waals surface area contributed by atoms with Crippen LogP contribution in [0.5, 0.6) is 0 Å². The second kappa shape index (κ2) is 9.07. The molecule has 0 saturated heterocycles. The molecule has 0 aliphatic rings. The van der Waals surface area contributed by atoms with E-state index in [-0.39, 0.29) is 29.4 Å². The summed E-state index contributed by atoms with van der Waals surface area (Å²) in [5.74, 6) is -0.247. The normalized spacial score (nSPS) is 12.4. The van der Waals surface area contributed by atoms with Gasteiger partial charge in [-0.05, 0) is 6.42 Å². The third kappa shape index (κ3) is 5.75. The van der Waals surface area contributed by atoms with Crippen LogP contribution < -0.4 is 11.1 Å². The largest absolute Gasteiger partial charge is 0.514 e. The highest BCUT2D eigenvalue weighted by Gasteiger charge is 2.03. The molecule has 0 aromatic carbocycles. The van der Waals surface area contributed by atoms with Gasteiger partial charge in [0.1, 0.15) is 47.5 Å². The molecule has 0 heterocycles. The van der Waals surface area contributed by atoms with Gasteiger partial charge in [0.25, 0.3) is 0 Å². The third-order valence-electron chi connectivity index (χ3n) is 1.96. The fourth-order valence-corrected chi connectivity index (χ4v) is 0.974. The molecule has 0 spiro atoms. The summed E-state index contributed by atoms with van der Waals surface area (Å²) in [6.45, 7) is 0.634. The highest BCUT2D eigenvalue weighted by molar-refractivity contribution is 6.00. The number of aliphatic hydroxyl groups is 2. The Morgan fingerprint density at radius 2 is 1.84 bits per heavy atom. The Bertz CT molecular complexity index is 492. The van der Waals surface area contributed by atoms with Gasteiger partial charge < -0.3 is 21.3 Å². The van der Waals surface area contributed by atoms with Gasteiger partial charge in [-0.1, -0.05) is 0 Å². The van der Waals surface area contributed by atoms with Crippen LogP contribution in [0.25, 0.3) is 0 Å². The lowest BCUT2D eigenvalue weighted by atomic mass is 10.3. The summed E-state index contributed by atoms with van der Waals surface area (Å²) in [6.07, 6.45) is 1.63. The quantitative estimate of drug-likeness (QED) is 0.151. The lowest BCUT2D eigenvalue weighted by Gasteiger charge is -2.04. The van der Waals surface area contributed by atoms with Crippen molar-refractivity contribution in [2.45, 2.75) is 6.42 Å². The van der Waals surface area contributed by atoms with Crippen LogP contribution in [0, 0.1) is 28.1 Å². The molecule has 0 unspecified atom stereocenters. The van der Waals surface area contributed by atoms with Gasteiger partial charge in [-0.3, -0.25) is 10.4 Å². The number of nitriles is 2. The number of aliphatic hydroxyl groups excluding tert-OH is 2. The zero-order valence-corrected chi connectivity index (χ0v) is 10.1. The molecule has 0 aliphatic carbocycles. The van der Waals surface area contributed by atoms with Crippen molar-refractivity contribution in [3.05, 3.63) is 23.7 Å². The second-order valence-electron chi connectivity index (χ2n) is 3.23. The van der Waals surface area contributed by atoms with Crippen molar-refractivity contribution in [2.24, 2.45) is 10.7 Å². The van der Waals surface area contributed by atoms with Gasteiger partial charge in [0, 0.05) is 13.1 Å². The van der Waals surface area contributed by atoms with Crippen LogP contribution in [0.15, 0.2) is 28.7 Å². The van der Waals surface area contributed by atoms with Gasteiger partial charge in [0.05, 0.1) is 0 Å². The molecule has 0 aliphatic heterocycles. The second-order valence-corrected chi connectivity index (χ2v) is 3.23. The van der Waals surface area contributed by atoms with Crippen LogP contribution in [0.4, 0.5) is 0 Å². The van der Waals surface area contributed by atoms with E-state index >= 15 is 0 Å². The maximum absolute atomic E-state index is 8.64. The summed E-state index contributed by atoms with van der Waals surface area (Å²) in [7, 11) is 0. The number of hydrogen-bond donors (Lipinski definition) is 5. The SMILES string of the molecule is N#C/C(=C\O)C(=N)NCCCN=C(N)/C(C#N)=C/O. The lowest BCUT2D eigenvalue weighted by Crippen LogP contribution is -2.25. The number of nitrogens with one attached hydrogen (secondary N) is 2. The summed E-state index contributed by atoms with van der Waals surface area (Å²) >= 11 is 0. The fourth-order valence-electron chi connectivity index (χ4n) is 0.974. The first-order valence-electron chi connectivity index (χ1n) is 5.22. The predicted molar refractivity (Wildman–Crippen MR) is 69.5 cm³/mol. The Labute approximate surface area is 110 Å². The van der Waals surface area contributed by atoms with Crippen LogP contribution in [0.2, 0.25) is 0 Å². The van der Waals surface area contributed by atoms with Crippen molar-refractivity contribution < 1.29 is 10.2 Å². The molecule has 8 heteroatoms. The predicted octanol–water partition coefficient (Wildman–Crippen LogP) is 0.232. The molecule has 100 valence electrons. The molecule has 0 aromatic heterocycles. The van der Waals surface area contributed by atoms with E-state index in [9.17, 15) is 0 Å². The minimum Gasteiger partial charge on any atom is -0.514 e. The standard InChI is InChI=1S/C11H14N6O2/c12-4-8(6-18)10(14)16-2-1-3-17-11(15)9(5-13)7-19/h6-7,18-19H,1-3H2,(H2,14,16)(H2,15,17)/b8-6+,9-7+. The number of nitrogens with two attached hydrogens (primary N) is 1. The number of rotatable bonds is 6. The van der Waals surface area contributed by atoms with Crippen molar-refractivity contribution in [3.8, 4) is 12.1 Å². The number of hydrogen-bond acceptors (Lipinski definition) is 6. The molecule has 0 bridgehead atoms. The summed E-state index contributed by atoms with van der Waals surface area (Å²) < 4.78 is 0. The molecule has 0 amide bonds. The van der Waals surface area contributed by atoms with E-state index < -0.39 is 0 Å². The smallest absolute Gasteiger partial charge is 0.139 e. The summed E-state index contributed by atoms with van der Waals surface area (Å²) in [6, 6.07) is 3.32. The van der Waals surface area contributed by atoms with E-state index in [4.69, 9.17) is 31.9 Å². The van der Waals surface area contributed by atoms with Gasteiger partial charge in [-0.25, -0.2) is 0 Å². The zero-order chi connectivity index (χ0) is 14.7. The van der Waals surface area contributed by atoms with Crippen LogP contribution in [-0.4, -0.2) is 35.0 Å². The maximum Gasteiger partial charge on any atom is 0.139 e. The van der Waals surface area contributed by atoms with E-state index in [1.165, 1.54) is 0 Å². The van der Waals surface area contributed by atoms with Crippen LogP contribution in [0.3, 0.4) is 0 Å². The minimum atomic E-state index is -0.185. The molecule has 0 aromatic rings. The van der Waals surface area contributed by atoms with Gasteiger partial charge in [0.2, 0.25) is 0 Å². The summed E-state index contributed by atoms with van der Waals surface area (Å²) in [4.78, 5) is 3.85. The summed E-state index contributed by atoms with van der Waals surface area (Å²) in [5, 5.41) is 44.3. The molecular weight excluding hydrogens is 248 g/mol. The van der Waals surface area contributed by atoms with E-state index in [1.807, 2.05) is 0 Å². The molecule has 0 atom stereocenters. The topological polar surface area (TPSA) is 162 Å². The third-order valence-corrected chi connectivity index (χ3v) is 1.96. The number of aliphatic imine (C=N–C) groups is 1. The van der Waals surface area contributed by atoms with Crippen LogP contribution >= 0.6 is 0 Å². The number of amidine groups is 2. The zero-order valence-electron chi connectivity index (χ0n) is 10.1. The van der Waals surface area contributed by atoms with Gasteiger partial charge in [0.15, 0.2) is 0 Å². The van der Waals surface area contributed by atoms with Gasteiger partial charge >= 0.3 is 0 Å². The molecule has 0 saturated carbocycles. The first-order chi connectivity index (χ1) is 9.10. The van der Waals surface area contributed by atoms with E-state index in [2.05, 4.69) is 10.3 Å². The fraction of sp³-hybridized carbons (Fsp3) is 0.273. The average Bonchev–Trinajstić information content (AvgIpc) is 2.41. The van der Waals surface area contributed by atoms with Crippen molar-refractivity contribution in [1.82, 2.24) is 5.32 Å². The first-order valence-corrected chi connectivity index (χ1v) is 5.22. The highest BCUT2D eigenvalue weighted by atomic mass is 16.2. The van der Waals surface area contributed by atoms with Crippen LogP contribution in [-0.2, 0) is 0 Å². The summed E-state index contributed by atoms with van der Waals surface area (Å²) in [5.41, 5.74) is 5.14. The van der Waals surface area contributed by atoms with Gasteiger partial charge in [-0.2, -0.15) is 10.5 Å². The minimum absolute atomic E-state index is 0.0620. The lowest BCUT2D eigenvalue weighted by molar-refractivity contribution is 0.471. The van der Waals surface area contributed by atoms with Crippen LogP contribution in [0.1, 0.15) is 6.42 Å². The highest BCUT2D eigenvalue weighted by Crippen LogP contribution is 1.93. The van der Waals surface area contributed by atoms with E-state index in [0.29, 0.717) is 25.5 Å². The molecule has 8 nitrogen and oxygen atoms in total. The Hall–Kier alpha value is -3.00. The van der Waals surface area contributed by atoms with Crippen molar-refractivity contribution >= 4 is 11.7 Å². The maximum atomic E-state index is 8.64. The van der Waals surface area contributed by atoms with E-state index in [0.717, 1.165) is 0 Å². The van der Waals surface area contributed by atoms with Gasteiger partial charge in [-0.15, -0.1) is 0 Å².